The maximum atomic E-state index is 4.11. The zero-order valence-electron chi connectivity index (χ0n) is 14.0. The fourth-order valence-corrected chi connectivity index (χ4v) is 5.55. The van der Waals surface area contributed by atoms with Crippen molar-refractivity contribution in [2.45, 2.75) is 72.6 Å². The Kier molecular flexibility index (Phi) is 3.23. The quantitative estimate of drug-likeness (QED) is 0.503. The van der Waals surface area contributed by atoms with Crippen LogP contribution in [-0.2, 0) is 0 Å². The number of hydrogen-bond donors (Lipinski definition) is 0. The van der Waals surface area contributed by atoms with E-state index in [1.165, 1.54) is 44.9 Å². The van der Waals surface area contributed by atoms with E-state index in [1.54, 1.807) is 0 Å². The molecule has 2 saturated carbocycles. The smallest absolute Gasteiger partial charge is 0.0141 e. The first-order valence-electron chi connectivity index (χ1n) is 8.65. The molecule has 0 aliphatic heterocycles. The summed E-state index contributed by atoms with van der Waals surface area (Å²) in [7, 11) is 0. The van der Waals surface area contributed by atoms with Gasteiger partial charge in [-0.15, -0.1) is 6.58 Å². The molecule has 0 aromatic heterocycles. The summed E-state index contributed by atoms with van der Waals surface area (Å²) in [4.78, 5) is 0. The molecule has 0 bridgehead atoms. The van der Waals surface area contributed by atoms with Gasteiger partial charge in [0.1, 0.15) is 0 Å². The summed E-state index contributed by atoms with van der Waals surface area (Å²) in [6.45, 7) is 14.1. The standard InChI is InChI=1S/C20H32/c1-6-19(4)12-13-20(5)15(14-19)9-10-16-17(20)8-7-11-18(16,2)3/h6,10,15,17H,1,7-9,11-14H2,2-5H3/t15-,17-,19+,20-/m1/s1. The van der Waals surface area contributed by atoms with E-state index in [9.17, 15) is 0 Å². The van der Waals surface area contributed by atoms with Crippen LogP contribution >= 0.6 is 0 Å². The zero-order valence-corrected chi connectivity index (χ0v) is 14.0. The molecule has 0 heterocycles. The van der Waals surface area contributed by atoms with E-state index >= 15 is 0 Å². The molecule has 0 amide bonds. The van der Waals surface area contributed by atoms with Crippen molar-refractivity contribution in [1.82, 2.24) is 0 Å². The van der Waals surface area contributed by atoms with Crippen molar-refractivity contribution in [3.8, 4) is 0 Å². The molecule has 0 spiro atoms. The van der Waals surface area contributed by atoms with Crippen molar-refractivity contribution >= 4 is 0 Å². The summed E-state index contributed by atoms with van der Waals surface area (Å²) in [6.07, 6.45) is 14.5. The molecule has 3 rings (SSSR count). The number of rotatable bonds is 1. The first-order valence-corrected chi connectivity index (χ1v) is 8.65. The number of hydrogen-bond acceptors (Lipinski definition) is 0. The molecule has 0 radical (unpaired) electrons. The van der Waals surface area contributed by atoms with Crippen LogP contribution in [0, 0.1) is 28.1 Å². The third-order valence-electron chi connectivity index (χ3n) is 7.24. The van der Waals surface area contributed by atoms with Crippen LogP contribution in [0.1, 0.15) is 72.6 Å². The lowest BCUT2D eigenvalue weighted by Crippen LogP contribution is -2.48. The van der Waals surface area contributed by atoms with E-state index in [4.69, 9.17) is 0 Å². The van der Waals surface area contributed by atoms with E-state index in [0.717, 1.165) is 11.8 Å². The van der Waals surface area contributed by atoms with Crippen LogP contribution in [0.25, 0.3) is 0 Å². The van der Waals surface area contributed by atoms with Gasteiger partial charge in [0.2, 0.25) is 0 Å². The second kappa shape index (κ2) is 4.49. The Morgan fingerprint density at radius 1 is 1.15 bits per heavy atom. The van der Waals surface area contributed by atoms with Gasteiger partial charge in [0.05, 0.1) is 0 Å². The summed E-state index contributed by atoms with van der Waals surface area (Å²) in [5.74, 6) is 1.74. The molecular weight excluding hydrogens is 240 g/mol. The van der Waals surface area contributed by atoms with E-state index in [-0.39, 0.29) is 0 Å². The highest BCUT2D eigenvalue weighted by Gasteiger charge is 2.52. The van der Waals surface area contributed by atoms with Crippen molar-refractivity contribution in [1.29, 1.82) is 0 Å². The van der Waals surface area contributed by atoms with Gasteiger partial charge in [-0.05, 0) is 66.6 Å². The van der Waals surface area contributed by atoms with Gasteiger partial charge in [0, 0.05) is 0 Å². The lowest BCUT2D eigenvalue weighted by molar-refractivity contribution is -0.0131. The average molecular weight is 272 g/mol. The lowest BCUT2D eigenvalue weighted by Gasteiger charge is -2.58. The molecule has 112 valence electrons. The maximum absolute atomic E-state index is 4.11. The SMILES string of the molecule is C=C[C@@]1(C)CC[C@]2(C)[C@H](CC=C3[C@H]2CCCC3(C)C)C1. The van der Waals surface area contributed by atoms with Crippen molar-refractivity contribution in [2.75, 3.05) is 0 Å². The van der Waals surface area contributed by atoms with Crippen molar-refractivity contribution < 1.29 is 0 Å². The summed E-state index contributed by atoms with van der Waals surface area (Å²) in [5, 5.41) is 0. The Hall–Kier alpha value is -0.520. The normalized spacial score (nSPS) is 46.9. The molecular formula is C20H32. The van der Waals surface area contributed by atoms with Crippen molar-refractivity contribution in [3.05, 3.63) is 24.3 Å². The molecule has 4 atom stereocenters. The van der Waals surface area contributed by atoms with Crippen molar-refractivity contribution in [3.63, 3.8) is 0 Å². The van der Waals surface area contributed by atoms with Crippen LogP contribution in [0.2, 0.25) is 0 Å². The van der Waals surface area contributed by atoms with Gasteiger partial charge in [-0.25, -0.2) is 0 Å². The van der Waals surface area contributed by atoms with Gasteiger partial charge in [-0.2, -0.15) is 0 Å². The van der Waals surface area contributed by atoms with Crippen LogP contribution in [0.5, 0.6) is 0 Å². The molecule has 0 aromatic rings. The van der Waals surface area contributed by atoms with Gasteiger partial charge >= 0.3 is 0 Å². The van der Waals surface area contributed by atoms with E-state index in [0.29, 0.717) is 16.2 Å². The Balaban J connectivity index is 1.94. The van der Waals surface area contributed by atoms with Gasteiger partial charge < -0.3 is 0 Å². The fraction of sp³-hybridized carbons (Fsp3) is 0.800. The fourth-order valence-electron chi connectivity index (χ4n) is 5.55. The second-order valence-electron chi connectivity index (χ2n) is 8.99. The molecule has 0 aromatic carbocycles. The first-order chi connectivity index (χ1) is 9.31. The molecule has 0 N–H and O–H groups in total. The van der Waals surface area contributed by atoms with Crippen LogP contribution in [0.4, 0.5) is 0 Å². The zero-order chi connectivity index (χ0) is 14.6. The number of fused-ring (bicyclic) bond motifs is 3. The van der Waals surface area contributed by atoms with Crippen LogP contribution in [0.15, 0.2) is 24.3 Å². The van der Waals surface area contributed by atoms with Gasteiger partial charge in [0.15, 0.2) is 0 Å². The second-order valence-corrected chi connectivity index (χ2v) is 8.99. The third-order valence-corrected chi connectivity index (χ3v) is 7.24. The molecule has 3 aliphatic rings. The molecule has 0 nitrogen and oxygen atoms in total. The van der Waals surface area contributed by atoms with Gasteiger partial charge in [0.25, 0.3) is 0 Å². The summed E-state index contributed by atoms with van der Waals surface area (Å²) < 4.78 is 0. The molecule has 2 fully saturated rings. The highest BCUT2D eigenvalue weighted by atomic mass is 14.6. The largest absolute Gasteiger partial charge is 0.103 e. The van der Waals surface area contributed by atoms with E-state index in [2.05, 4.69) is 46.4 Å². The minimum atomic E-state index is 0.389. The summed E-state index contributed by atoms with van der Waals surface area (Å²) in [5.41, 5.74) is 3.21. The highest BCUT2D eigenvalue weighted by molar-refractivity contribution is 5.26. The maximum Gasteiger partial charge on any atom is -0.0141 e. The Morgan fingerprint density at radius 2 is 1.90 bits per heavy atom. The summed E-state index contributed by atoms with van der Waals surface area (Å²) in [6, 6.07) is 0. The number of allylic oxidation sites excluding steroid dienone is 3. The average Bonchev–Trinajstić information content (AvgIpc) is 2.40. The van der Waals surface area contributed by atoms with Crippen LogP contribution in [-0.4, -0.2) is 0 Å². The Bertz CT molecular complexity index is 441. The van der Waals surface area contributed by atoms with Gasteiger partial charge in [-0.1, -0.05) is 51.8 Å². The Morgan fingerprint density at radius 3 is 2.60 bits per heavy atom. The Labute approximate surface area is 125 Å². The predicted molar refractivity (Wildman–Crippen MR) is 87.6 cm³/mol. The molecule has 0 unspecified atom stereocenters. The molecule has 20 heavy (non-hydrogen) atoms. The van der Waals surface area contributed by atoms with Crippen molar-refractivity contribution in [2.24, 2.45) is 28.1 Å². The minimum absolute atomic E-state index is 0.389. The van der Waals surface area contributed by atoms with E-state index in [1.807, 2.05) is 5.57 Å². The topological polar surface area (TPSA) is 0 Å². The third kappa shape index (κ3) is 2.02. The van der Waals surface area contributed by atoms with Crippen LogP contribution in [0.3, 0.4) is 0 Å². The molecule has 0 heteroatoms. The van der Waals surface area contributed by atoms with E-state index < -0.39 is 0 Å². The monoisotopic (exact) mass is 272 g/mol. The highest BCUT2D eigenvalue weighted by Crippen LogP contribution is 2.63. The predicted octanol–water partition coefficient (Wildman–Crippen LogP) is 6.14. The molecule has 0 saturated heterocycles. The first kappa shape index (κ1) is 14.4. The van der Waals surface area contributed by atoms with Crippen LogP contribution < -0.4 is 0 Å². The minimum Gasteiger partial charge on any atom is -0.103 e. The molecule has 3 aliphatic carbocycles. The lowest BCUT2D eigenvalue weighted by atomic mass is 9.47. The van der Waals surface area contributed by atoms with Gasteiger partial charge in [-0.3, -0.25) is 0 Å². The summed E-state index contributed by atoms with van der Waals surface area (Å²) >= 11 is 0.